The van der Waals surface area contributed by atoms with Gasteiger partial charge in [-0.15, -0.1) is 0 Å². The third kappa shape index (κ3) is 3.55. The van der Waals surface area contributed by atoms with Crippen LogP contribution in [-0.2, 0) is 9.53 Å². The van der Waals surface area contributed by atoms with Crippen LogP contribution in [0.2, 0.25) is 5.02 Å². The van der Waals surface area contributed by atoms with Gasteiger partial charge in [-0.25, -0.2) is 0 Å². The predicted octanol–water partition coefficient (Wildman–Crippen LogP) is 4.79. The Morgan fingerprint density at radius 2 is 1.85 bits per heavy atom. The molecule has 0 aliphatic rings. The molecule has 27 heavy (non-hydrogen) atoms. The predicted molar refractivity (Wildman–Crippen MR) is 105 cm³/mol. The van der Waals surface area contributed by atoms with Crippen molar-refractivity contribution in [3.63, 3.8) is 0 Å². The topological polar surface area (TPSA) is 65.7 Å². The zero-order valence-electron chi connectivity index (χ0n) is 15.2. The van der Waals surface area contributed by atoms with Gasteiger partial charge in [0.05, 0.1) is 25.5 Å². The number of esters is 1. The summed E-state index contributed by atoms with van der Waals surface area (Å²) in [5, 5.41) is 0.934. The molecule has 2 aromatic carbocycles. The molecule has 0 aliphatic heterocycles. The summed E-state index contributed by atoms with van der Waals surface area (Å²) in [5.41, 5.74) is 1.49. The SMILES string of the molecule is CC[C@H](C(=O)OC)c1ccc2oc(-c3ccc(Cl)cc3)c(OC)c(=O)c2c1. The van der Waals surface area contributed by atoms with Crippen LogP contribution in [-0.4, -0.2) is 20.2 Å². The molecule has 0 bridgehead atoms. The van der Waals surface area contributed by atoms with Gasteiger partial charge in [-0.2, -0.15) is 0 Å². The van der Waals surface area contributed by atoms with Gasteiger partial charge in [0.2, 0.25) is 11.2 Å². The second-order valence-corrected chi connectivity index (χ2v) is 6.48. The first-order valence-electron chi connectivity index (χ1n) is 8.48. The van der Waals surface area contributed by atoms with Crippen molar-refractivity contribution in [1.29, 1.82) is 0 Å². The molecule has 0 spiro atoms. The first-order chi connectivity index (χ1) is 13.0. The van der Waals surface area contributed by atoms with E-state index in [1.165, 1.54) is 14.2 Å². The lowest BCUT2D eigenvalue weighted by Crippen LogP contribution is -2.14. The number of rotatable bonds is 5. The van der Waals surface area contributed by atoms with Gasteiger partial charge in [0.1, 0.15) is 5.58 Å². The molecular weight excluding hydrogens is 368 g/mol. The molecule has 0 radical (unpaired) electrons. The summed E-state index contributed by atoms with van der Waals surface area (Å²) >= 11 is 5.94. The Morgan fingerprint density at radius 1 is 1.15 bits per heavy atom. The van der Waals surface area contributed by atoms with E-state index in [2.05, 4.69) is 0 Å². The maximum absolute atomic E-state index is 13.0. The average Bonchev–Trinajstić information content (AvgIpc) is 2.69. The van der Waals surface area contributed by atoms with Crippen LogP contribution in [0.3, 0.4) is 0 Å². The summed E-state index contributed by atoms with van der Waals surface area (Å²) in [6.07, 6.45) is 0.559. The monoisotopic (exact) mass is 386 g/mol. The first kappa shape index (κ1) is 19.0. The fourth-order valence-electron chi connectivity index (χ4n) is 3.07. The van der Waals surface area contributed by atoms with Gasteiger partial charge in [0.25, 0.3) is 0 Å². The van der Waals surface area contributed by atoms with E-state index >= 15 is 0 Å². The van der Waals surface area contributed by atoms with Crippen molar-refractivity contribution in [3.8, 4) is 17.1 Å². The lowest BCUT2D eigenvalue weighted by atomic mass is 9.95. The second kappa shape index (κ2) is 7.84. The Bertz CT molecular complexity index is 1040. The highest BCUT2D eigenvalue weighted by Gasteiger charge is 2.22. The molecule has 0 amide bonds. The van der Waals surface area contributed by atoms with E-state index in [1.54, 1.807) is 42.5 Å². The Morgan fingerprint density at radius 3 is 2.44 bits per heavy atom. The summed E-state index contributed by atoms with van der Waals surface area (Å²) in [6.45, 7) is 1.89. The molecule has 0 aliphatic carbocycles. The smallest absolute Gasteiger partial charge is 0.313 e. The number of carbonyl (C=O) groups is 1. The molecule has 1 heterocycles. The summed E-state index contributed by atoms with van der Waals surface area (Å²) in [7, 11) is 2.77. The van der Waals surface area contributed by atoms with E-state index in [9.17, 15) is 9.59 Å². The van der Waals surface area contributed by atoms with Gasteiger partial charge < -0.3 is 13.9 Å². The number of hydrogen-bond donors (Lipinski definition) is 0. The average molecular weight is 387 g/mol. The summed E-state index contributed by atoms with van der Waals surface area (Å²) in [5.74, 6) is -0.348. The molecule has 0 saturated heterocycles. The van der Waals surface area contributed by atoms with Gasteiger partial charge in [-0.05, 0) is 48.4 Å². The summed E-state index contributed by atoms with van der Waals surface area (Å²) in [4.78, 5) is 25.0. The molecule has 3 rings (SSSR count). The Labute approximate surface area is 161 Å². The van der Waals surface area contributed by atoms with Crippen LogP contribution in [0, 0.1) is 0 Å². The third-order valence-corrected chi connectivity index (χ3v) is 4.73. The largest absolute Gasteiger partial charge is 0.490 e. The summed E-state index contributed by atoms with van der Waals surface area (Å²) in [6, 6.07) is 12.1. The third-order valence-electron chi connectivity index (χ3n) is 4.48. The van der Waals surface area contributed by atoms with Crippen molar-refractivity contribution in [1.82, 2.24) is 0 Å². The van der Waals surface area contributed by atoms with Gasteiger partial charge in [0.15, 0.2) is 5.76 Å². The van der Waals surface area contributed by atoms with Gasteiger partial charge in [0, 0.05) is 10.6 Å². The van der Waals surface area contributed by atoms with Crippen molar-refractivity contribution in [2.24, 2.45) is 0 Å². The Kier molecular flexibility index (Phi) is 5.51. The molecule has 6 heteroatoms. The molecule has 1 aromatic heterocycles. The van der Waals surface area contributed by atoms with E-state index in [0.717, 1.165) is 0 Å². The highest BCUT2D eigenvalue weighted by molar-refractivity contribution is 6.30. The molecule has 3 aromatic rings. The molecule has 0 unspecified atom stereocenters. The van der Waals surface area contributed by atoms with Crippen LogP contribution >= 0.6 is 11.6 Å². The van der Waals surface area contributed by atoms with E-state index < -0.39 is 5.92 Å². The Balaban J connectivity index is 2.21. The quantitative estimate of drug-likeness (QED) is 0.590. The number of carbonyl (C=O) groups excluding carboxylic acids is 1. The van der Waals surface area contributed by atoms with E-state index in [-0.39, 0.29) is 17.1 Å². The number of fused-ring (bicyclic) bond motifs is 1. The number of halogens is 1. The van der Waals surface area contributed by atoms with Crippen LogP contribution in [0.25, 0.3) is 22.3 Å². The molecule has 0 N–H and O–H groups in total. The maximum atomic E-state index is 13.0. The maximum Gasteiger partial charge on any atom is 0.313 e. The van der Waals surface area contributed by atoms with Crippen molar-refractivity contribution >= 4 is 28.5 Å². The van der Waals surface area contributed by atoms with Gasteiger partial charge in [-0.1, -0.05) is 24.6 Å². The first-order valence-corrected chi connectivity index (χ1v) is 8.86. The fourth-order valence-corrected chi connectivity index (χ4v) is 3.20. The standard InChI is InChI=1S/C21H19ClO5/c1-4-15(21(24)26-3)13-7-10-17-16(11-13)18(23)20(25-2)19(27-17)12-5-8-14(22)9-6-12/h5-11,15H,4H2,1-3H3/t15-/m0/s1. The summed E-state index contributed by atoms with van der Waals surface area (Å²) < 4.78 is 16.2. The van der Waals surface area contributed by atoms with Crippen molar-refractivity contribution < 1.29 is 18.7 Å². The van der Waals surface area contributed by atoms with Crippen LogP contribution in [0.4, 0.5) is 0 Å². The molecular formula is C21H19ClO5. The van der Waals surface area contributed by atoms with Crippen molar-refractivity contribution in [3.05, 3.63) is 63.3 Å². The second-order valence-electron chi connectivity index (χ2n) is 6.04. The lowest BCUT2D eigenvalue weighted by molar-refractivity contribution is -0.142. The molecule has 0 saturated carbocycles. The minimum Gasteiger partial charge on any atom is -0.490 e. The highest BCUT2D eigenvalue weighted by atomic mass is 35.5. The normalized spacial score (nSPS) is 12.0. The minimum absolute atomic E-state index is 0.105. The molecule has 140 valence electrons. The fraction of sp³-hybridized carbons (Fsp3) is 0.238. The van der Waals surface area contributed by atoms with Crippen LogP contribution < -0.4 is 10.2 Å². The molecule has 0 fully saturated rings. The zero-order chi connectivity index (χ0) is 19.6. The molecule has 1 atom stereocenters. The van der Waals surface area contributed by atoms with Gasteiger partial charge in [-0.3, -0.25) is 9.59 Å². The van der Waals surface area contributed by atoms with Crippen molar-refractivity contribution in [2.75, 3.05) is 14.2 Å². The number of methoxy groups -OCH3 is 2. The van der Waals surface area contributed by atoms with E-state index in [0.29, 0.717) is 39.3 Å². The number of hydrogen-bond acceptors (Lipinski definition) is 5. The van der Waals surface area contributed by atoms with E-state index in [4.69, 9.17) is 25.5 Å². The van der Waals surface area contributed by atoms with Crippen LogP contribution in [0.5, 0.6) is 5.75 Å². The number of benzene rings is 2. The Hall–Kier alpha value is -2.79. The number of ether oxygens (including phenoxy) is 2. The lowest BCUT2D eigenvalue weighted by Gasteiger charge is -2.14. The molecule has 5 nitrogen and oxygen atoms in total. The van der Waals surface area contributed by atoms with Crippen LogP contribution in [0.15, 0.2) is 51.7 Å². The highest BCUT2D eigenvalue weighted by Crippen LogP contribution is 2.33. The zero-order valence-corrected chi connectivity index (χ0v) is 16.0. The van der Waals surface area contributed by atoms with Gasteiger partial charge >= 0.3 is 5.97 Å². The van der Waals surface area contributed by atoms with Crippen molar-refractivity contribution in [2.45, 2.75) is 19.3 Å². The van der Waals surface area contributed by atoms with Crippen LogP contribution in [0.1, 0.15) is 24.8 Å². The minimum atomic E-state index is -0.444. The van der Waals surface area contributed by atoms with E-state index in [1.807, 2.05) is 6.92 Å².